The van der Waals surface area contributed by atoms with E-state index in [0.29, 0.717) is 29.8 Å². The molecular formula is C13H19N3O2. The normalized spacial score (nSPS) is 13.1. The molecule has 1 aromatic carbocycles. The SMILES string of the molecule is COCC(Nc1nc2ccc(N)cc2o1)C(C)C. The third-order valence-electron chi connectivity index (χ3n) is 2.87. The summed E-state index contributed by atoms with van der Waals surface area (Å²) in [6.07, 6.45) is 0. The molecule has 0 radical (unpaired) electrons. The number of nitrogens with zero attached hydrogens (tertiary/aromatic N) is 1. The van der Waals surface area contributed by atoms with E-state index in [2.05, 4.69) is 24.1 Å². The Labute approximate surface area is 106 Å². The van der Waals surface area contributed by atoms with Crippen molar-refractivity contribution in [2.45, 2.75) is 19.9 Å². The molecule has 0 saturated heterocycles. The van der Waals surface area contributed by atoms with Gasteiger partial charge in [0, 0.05) is 18.9 Å². The third kappa shape index (κ3) is 2.73. The zero-order valence-electron chi connectivity index (χ0n) is 10.9. The van der Waals surface area contributed by atoms with Crippen LogP contribution in [0.4, 0.5) is 11.7 Å². The van der Waals surface area contributed by atoms with Gasteiger partial charge in [0.1, 0.15) is 5.52 Å². The predicted octanol–water partition coefficient (Wildman–Crippen LogP) is 2.49. The Balaban J connectivity index is 2.20. The Morgan fingerprint density at radius 3 is 2.89 bits per heavy atom. The molecule has 0 amide bonds. The molecule has 2 aromatic rings. The van der Waals surface area contributed by atoms with E-state index in [0.717, 1.165) is 5.52 Å². The van der Waals surface area contributed by atoms with Gasteiger partial charge in [-0.3, -0.25) is 0 Å². The van der Waals surface area contributed by atoms with Gasteiger partial charge in [0.15, 0.2) is 5.58 Å². The number of methoxy groups -OCH3 is 1. The molecule has 1 unspecified atom stereocenters. The number of benzene rings is 1. The molecule has 1 atom stereocenters. The second kappa shape index (κ2) is 5.27. The minimum atomic E-state index is 0.167. The van der Waals surface area contributed by atoms with E-state index in [4.69, 9.17) is 14.9 Å². The standard InChI is InChI=1S/C13H19N3O2/c1-8(2)11(7-17-3)16-13-15-10-5-4-9(14)6-12(10)18-13/h4-6,8,11H,7,14H2,1-3H3,(H,15,16). The Morgan fingerprint density at radius 2 is 2.22 bits per heavy atom. The smallest absolute Gasteiger partial charge is 0.295 e. The molecule has 98 valence electrons. The highest BCUT2D eigenvalue weighted by Gasteiger charge is 2.16. The van der Waals surface area contributed by atoms with Gasteiger partial charge in [-0.25, -0.2) is 0 Å². The maximum Gasteiger partial charge on any atom is 0.295 e. The maximum atomic E-state index is 5.70. The minimum Gasteiger partial charge on any atom is -0.423 e. The summed E-state index contributed by atoms with van der Waals surface area (Å²) in [5.41, 5.74) is 7.86. The number of oxazole rings is 1. The van der Waals surface area contributed by atoms with E-state index in [-0.39, 0.29) is 6.04 Å². The second-order valence-corrected chi connectivity index (χ2v) is 4.70. The molecule has 1 aromatic heterocycles. The Morgan fingerprint density at radius 1 is 1.44 bits per heavy atom. The van der Waals surface area contributed by atoms with Gasteiger partial charge in [-0.1, -0.05) is 13.8 Å². The van der Waals surface area contributed by atoms with Gasteiger partial charge in [-0.05, 0) is 18.1 Å². The number of hydrogen-bond donors (Lipinski definition) is 2. The van der Waals surface area contributed by atoms with Crippen LogP contribution < -0.4 is 11.1 Å². The molecule has 0 aliphatic carbocycles. The van der Waals surface area contributed by atoms with Crippen molar-refractivity contribution >= 4 is 22.8 Å². The van der Waals surface area contributed by atoms with Crippen molar-refractivity contribution in [3.05, 3.63) is 18.2 Å². The molecule has 1 heterocycles. The summed E-state index contributed by atoms with van der Waals surface area (Å²) < 4.78 is 10.8. The number of nitrogens with one attached hydrogen (secondary N) is 1. The van der Waals surface area contributed by atoms with Crippen molar-refractivity contribution in [1.29, 1.82) is 0 Å². The maximum absolute atomic E-state index is 5.70. The minimum absolute atomic E-state index is 0.167. The van der Waals surface area contributed by atoms with Crippen molar-refractivity contribution in [1.82, 2.24) is 4.98 Å². The largest absolute Gasteiger partial charge is 0.423 e. The number of aromatic nitrogens is 1. The van der Waals surface area contributed by atoms with E-state index >= 15 is 0 Å². The van der Waals surface area contributed by atoms with Crippen LogP contribution in [0.3, 0.4) is 0 Å². The summed E-state index contributed by atoms with van der Waals surface area (Å²) in [4.78, 5) is 4.37. The van der Waals surface area contributed by atoms with Gasteiger partial charge in [-0.2, -0.15) is 4.98 Å². The Kier molecular flexibility index (Phi) is 3.72. The Hall–Kier alpha value is -1.75. The quantitative estimate of drug-likeness (QED) is 0.796. The number of anilines is 2. The van der Waals surface area contributed by atoms with Crippen LogP contribution in [0.5, 0.6) is 0 Å². The van der Waals surface area contributed by atoms with Gasteiger partial charge in [0.05, 0.1) is 12.6 Å². The fourth-order valence-electron chi connectivity index (χ4n) is 1.74. The van der Waals surface area contributed by atoms with Crippen LogP contribution in [0, 0.1) is 5.92 Å². The van der Waals surface area contributed by atoms with Crippen LogP contribution in [0.2, 0.25) is 0 Å². The van der Waals surface area contributed by atoms with Gasteiger partial charge in [-0.15, -0.1) is 0 Å². The summed E-state index contributed by atoms with van der Waals surface area (Å²) in [7, 11) is 1.68. The lowest BCUT2D eigenvalue weighted by Gasteiger charge is -2.20. The van der Waals surface area contributed by atoms with Crippen molar-refractivity contribution in [3.63, 3.8) is 0 Å². The molecule has 3 N–H and O–H groups in total. The number of hydrogen-bond acceptors (Lipinski definition) is 5. The third-order valence-corrected chi connectivity index (χ3v) is 2.87. The van der Waals surface area contributed by atoms with Crippen LogP contribution >= 0.6 is 0 Å². The first kappa shape index (κ1) is 12.7. The molecule has 5 nitrogen and oxygen atoms in total. The fraction of sp³-hybridized carbons (Fsp3) is 0.462. The Bertz CT molecular complexity index is 522. The average molecular weight is 249 g/mol. The van der Waals surface area contributed by atoms with Gasteiger partial charge >= 0.3 is 0 Å². The van der Waals surface area contributed by atoms with Crippen LogP contribution in [-0.2, 0) is 4.74 Å². The van der Waals surface area contributed by atoms with Crippen LogP contribution in [0.15, 0.2) is 22.6 Å². The van der Waals surface area contributed by atoms with Gasteiger partial charge in [0.2, 0.25) is 0 Å². The fourth-order valence-corrected chi connectivity index (χ4v) is 1.74. The molecule has 0 aliphatic heterocycles. The van der Waals surface area contributed by atoms with Crippen molar-refractivity contribution in [2.75, 3.05) is 24.8 Å². The number of rotatable bonds is 5. The number of nitrogens with two attached hydrogens (primary N) is 1. The molecule has 0 aliphatic rings. The summed E-state index contributed by atoms with van der Waals surface area (Å²) in [6.45, 7) is 4.85. The number of fused-ring (bicyclic) bond motifs is 1. The first-order chi connectivity index (χ1) is 8.60. The van der Waals surface area contributed by atoms with E-state index in [1.807, 2.05) is 12.1 Å². The van der Waals surface area contributed by atoms with E-state index < -0.39 is 0 Å². The highest BCUT2D eigenvalue weighted by molar-refractivity contribution is 5.78. The van der Waals surface area contributed by atoms with Crippen molar-refractivity contribution in [3.8, 4) is 0 Å². The zero-order valence-corrected chi connectivity index (χ0v) is 10.9. The van der Waals surface area contributed by atoms with Gasteiger partial charge < -0.3 is 20.2 Å². The lowest BCUT2D eigenvalue weighted by atomic mass is 10.1. The topological polar surface area (TPSA) is 73.3 Å². The van der Waals surface area contributed by atoms with E-state index in [9.17, 15) is 0 Å². The van der Waals surface area contributed by atoms with E-state index in [1.54, 1.807) is 13.2 Å². The second-order valence-electron chi connectivity index (χ2n) is 4.70. The monoisotopic (exact) mass is 249 g/mol. The first-order valence-electron chi connectivity index (χ1n) is 6.01. The number of nitrogen functional groups attached to an aromatic ring is 1. The summed E-state index contributed by atoms with van der Waals surface area (Å²) in [5.74, 6) is 0.421. The predicted molar refractivity (Wildman–Crippen MR) is 72.5 cm³/mol. The van der Waals surface area contributed by atoms with E-state index in [1.165, 1.54) is 0 Å². The van der Waals surface area contributed by atoms with Crippen molar-refractivity contribution < 1.29 is 9.15 Å². The van der Waals surface area contributed by atoms with Crippen molar-refractivity contribution in [2.24, 2.45) is 5.92 Å². The van der Waals surface area contributed by atoms with Crippen LogP contribution in [-0.4, -0.2) is 24.7 Å². The molecule has 2 rings (SSSR count). The molecule has 0 fully saturated rings. The lowest BCUT2D eigenvalue weighted by Crippen LogP contribution is -2.30. The lowest BCUT2D eigenvalue weighted by molar-refractivity contribution is 0.170. The highest BCUT2D eigenvalue weighted by atomic mass is 16.5. The molecule has 0 spiro atoms. The summed E-state index contributed by atoms with van der Waals surface area (Å²) in [5, 5.41) is 3.24. The molecular weight excluding hydrogens is 230 g/mol. The summed E-state index contributed by atoms with van der Waals surface area (Å²) in [6, 6.07) is 6.10. The van der Waals surface area contributed by atoms with Gasteiger partial charge in [0.25, 0.3) is 6.01 Å². The molecule has 0 saturated carbocycles. The summed E-state index contributed by atoms with van der Waals surface area (Å²) >= 11 is 0. The first-order valence-corrected chi connectivity index (χ1v) is 6.01. The van der Waals surface area contributed by atoms with Crippen LogP contribution in [0.25, 0.3) is 11.1 Å². The highest BCUT2D eigenvalue weighted by Crippen LogP contribution is 2.22. The number of ether oxygens (including phenoxy) is 1. The average Bonchev–Trinajstić information content (AvgIpc) is 2.69. The zero-order chi connectivity index (χ0) is 13.1. The molecule has 18 heavy (non-hydrogen) atoms. The molecule has 0 bridgehead atoms. The van der Waals surface area contributed by atoms with Crippen LogP contribution in [0.1, 0.15) is 13.8 Å². The molecule has 5 heteroatoms.